The molecular formula is C13H21BrN4. The van der Waals surface area contributed by atoms with Gasteiger partial charge in [0.2, 0.25) is 0 Å². The summed E-state index contributed by atoms with van der Waals surface area (Å²) in [5, 5.41) is 3.38. The largest absolute Gasteiger partial charge is 0.354 e. The van der Waals surface area contributed by atoms with Gasteiger partial charge in [0.05, 0.1) is 0 Å². The number of anilines is 1. The maximum atomic E-state index is 4.60. The van der Waals surface area contributed by atoms with E-state index in [2.05, 4.69) is 56.1 Å². The highest BCUT2D eigenvalue weighted by Gasteiger charge is 2.18. The van der Waals surface area contributed by atoms with Gasteiger partial charge in [-0.3, -0.25) is 0 Å². The number of nitrogens with one attached hydrogen (secondary N) is 1. The molecule has 1 aromatic rings. The third kappa shape index (κ3) is 3.43. The van der Waals surface area contributed by atoms with E-state index in [0.29, 0.717) is 0 Å². The summed E-state index contributed by atoms with van der Waals surface area (Å²) in [6.07, 6.45) is 1.89. The number of hydrogen-bond donors (Lipinski definition) is 1. The van der Waals surface area contributed by atoms with E-state index in [1.54, 1.807) is 0 Å². The van der Waals surface area contributed by atoms with Gasteiger partial charge in [0.1, 0.15) is 5.82 Å². The van der Waals surface area contributed by atoms with Crippen LogP contribution in [0.4, 0.5) is 5.82 Å². The van der Waals surface area contributed by atoms with Crippen molar-refractivity contribution >= 4 is 21.7 Å². The van der Waals surface area contributed by atoms with Crippen molar-refractivity contribution in [2.45, 2.75) is 13.5 Å². The molecule has 0 unspecified atom stereocenters. The van der Waals surface area contributed by atoms with E-state index in [4.69, 9.17) is 0 Å². The molecule has 5 heteroatoms. The summed E-state index contributed by atoms with van der Waals surface area (Å²) in [4.78, 5) is 9.35. The average molecular weight is 313 g/mol. The minimum Gasteiger partial charge on any atom is -0.354 e. The Hall–Kier alpha value is -0.650. The van der Waals surface area contributed by atoms with Crippen LogP contribution in [-0.2, 0) is 6.54 Å². The second-order valence-electron chi connectivity index (χ2n) is 4.71. The number of nitrogens with zero attached hydrogens (tertiary/aromatic N) is 3. The summed E-state index contributed by atoms with van der Waals surface area (Å²) in [5.74, 6) is 1.13. The molecule has 1 aromatic heterocycles. The number of halogens is 1. The van der Waals surface area contributed by atoms with Crippen LogP contribution in [0.5, 0.6) is 0 Å². The Morgan fingerprint density at radius 3 is 2.72 bits per heavy atom. The van der Waals surface area contributed by atoms with E-state index < -0.39 is 0 Å². The Balaban J connectivity index is 2.15. The fraction of sp³-hybridized carbons (Fsp3) is 0.615. The number of pyridine rings is 1. The highest BCUT2D eigenvalue weighted by molar-refractivity contribution is 9.10. The van der Waals surface area contributed by atoms with Crippen molar-refractivity contribution in [3.63, 3.8) is 0 Å². The molecule has 0 aliphatic carbocycles. The molecule has 1 aliphatic rings. The Kier molecular flexibility index (Phi) is 4.97. The second-order valence-corrected chi connectivity index (χ2v) is 5.62. The molecule has 1 aliphatic heterocycles. The van der Waals surface area contributed by atoms with Crippen LogP contribution in [-0.4, -0.2) is 49.7 Å². The van der Waals surface area contributed by atoms with Crippen molar-refractivity contribution in [3.8, 4) is 0 Å². The maximum Gasteiger partial charge on any atom is 0.133 e. The second kappa shape index (κ2) is 6.50. The van der Waals surface area contributed by atoms with Crippen molar-refractivity contribution in [1.82, 2.24) is 15.2 Å². The zero-order valence-electron chi connectivity index (χ0n) is 11.1. The third-order valence-electron chi connectivity index (χ3n) is 3.28. The van der Waals surface area contributed by atoms with Crippen LogP contribution in [0.15, 0.2) is 16.7 Å². The molecule has 0 atom stereocenters. The Bertz CT molecular complexity index is 389. The highest BCUT2D eigenvalue weighted by atomic mass is 79.9. The van der Waals surface area contributed by atoms with Gasteiger partial charge in [-0.15, -0.1) is 0 Å². The van der Waals surface area contributed by atoms with Gasteiger partial charge in [0, 0.05) is 49.0 Å². The first-order chi connectivity index (χ1) is 8.70. The number of aromatic nitrogens is 1. The maximum absolute atomic E-state index is 4.60. The Labute approximate surface area is 118 Å². The van der Waals surface area contributed by atoms with Gasteiger partial charge in [-0.1, -0.05) is 6.92 Å². The Morgan fingerprint density at radius 2 is 2.06 bits per heavy atom. The summed E-state index contributed by atoms with van der Waals surface area (Å²) >= 11 is 3.50. The van der Waals surface area contributed by atoms with Crippen molar-refractivity contribution in [2.75, 3.05) is 44.7 Å². The number of likely N-dealkylation sites (N-methyl/N-ethyl adjacent to an activating group) is 1. The fourth-order valence-electron chi connectivity index (χ4n) is 2.17. The lowest BCUT2D eigenvalue weighted by molar-refractivity contribution is 0.311. The summed E-state index contributed by atoms with van der Waals surface area (Å²) in [5.41, 5.74) is 1.27. The van der Waals surface area contributed by atoms with Gasteiger partial charge < -0.3 is 15.1 Å². The van der Waals surface area contributed by atoms with Crippen molar-refractivity contribution < 1.29 is 0 Å². The van der Waals surface area contributed by atoms with Crippen LogP contribution in [0.2, 0.25) is 0 Å². The molecule has 0 radical (unpaired) electrons. The number of hydrogen-bond acceptors (Lipinski definition) is 4. The molecular weight excluding hydrogens is 292 g/mol. The normalized spacial score (nSPS) is 17.2. The molecule has 0 bridgehead atoms. The Morgan fingerprint density at radius 1 is 1.33 bits per heavy atom. The van der Waals surface area contributed by atoms with Gasteiger partial charge in [-0.25, -0.2) is 4.98 Å². The van der Waals surface area contributed by atoms with Crippen LogP contribution in [0, 0.1) is 0 Å². The molecule has 18 heavy (non-hydrogen) atoms. The summed E-state index contributed by atoms with van der Waals surface area (Å²) in [6.45, 7) is 8.32. The number of piperazine rings is 1. The quantitative estimate of drug-likeness (QED) is 0.917. The first-order valence-corrected chi connectivity index (χ1v) is 7.28. The lowest BCUT2D eigenvalue weighted by atomic mass is 10.2. The standard InChI is InChI=1S/C13H21BrN4/c1-3-15-9-11-8-12(14)10-16-13(11)18-6-4-17(2)5-7-18/h8,10,15H,3-7,9H2,1-2H3. The molecule has 1 N–H and O–H groups in total. The zero-order chi connectivity index (χ0) is 13.0. The zero-order valence-corrected chi connectivity index (χ0v) is 12.7. The predicted molar refractivity (Wildman–Crippen MR) is 79.0 cm³/mol. The third-order valence-corrected chi connectivity index (χ3v) is 3.71. The fourth-order valence-corrected chi connectivity index (χ4v) is 2.55. The van der Waals surface area contributed by atoms with E-state index in [1.165, 1.54) is 5.56 Å². The van der Waals surface area contributed by atoms with Crippen LogP contribution in [0.25, 0.3) is 0 Å². The van der Waals surface area contributed by atoms with E-state index in [1.807, 2.05) is 6.20 Å². The first kappa shape index (κ1) is 13.8. The minimum absolute atomic E-state index is 0.880. The average Bonchev–Trinajstić information content (AvgIpc) is 2.38. The predicted octanol–water partition coefficient (Wildman–Crippen LogP) is 1.71. The molecule has 100 valence electrons. The molecule has 0 aromatic carbocycles. The van der Waals surface area contributed by atoms with Gasteiger partial charge in [-0.2, -0.15) is 0 Å². The molecule has 2 heterocycles. The lowest BCUT2D eigenvalue weighted by Crippen LogP contribution is -2.45. The van der Waals surface area contributed by atoms with Crippen LogP contribution >= 0.6 is 15.9 Å². The first-order valence-electron chi connectivity index (χ1n) is 6.49. The summed E-state index contributed by atoms with van der Waals surface area (Å²) in [6, 6.07) is 2.17. The van der Waals surface area contributed by atoms with Crippen molar-refractivity contribution in [1.29, 1.82) is 0 Å². The lowest BCUT2D eigenvalue weighted by Gasteiger charge is -2.34. The molecule has 1 saturated heterocycles. The van der Waals surface area contributed by atoms with Gasteiger partial charge in [-0.05, 0) is 35.6 Å². The number of rotatable bonds is 4. The van der Waals surface area contributed by atoms with Crippen molar-refractivity contribution in [2.24, 2.45) is 0 Å². The molecule has 1 fully saturated rings. The SMILES string of the molecule is CCNCc1cc(Br)cnc1N1CCN(C)CC1. The molecule has 0 spiro atoms. The van der Waals surface area contributed by atoms with E-state index in [9.17, 15) is 0 Å². The molecule has 0 saturated carbocycles. The summed E-state index contributed by atoms with van der Waals surface area (Å²) < 4.78 is 1.05. The highest BCUT2D eigenvalue weighted by Crippen LogP contribution is 2.22. The van der Waals surface area contributed by atoms with E-state index in [0.717, 1.165) is 49.6 Å². The summed E-state index contributed by atoms with van der Waals surface area (Å²) in [7, 11) is 2.17. The van der Waals surface area contributed by atoms with Crippen LogP contribution in [0.1, 0.15) is 12.5 Å². The minimum atomic E-state index is 0.880. The van der Waals surface area contributed by atoms with Gasteiger partial charge in [0.25, 0.3) is 0 Å². The smallest absolute Gasteiger partial charge is 0.133 e. The van der Waals surface area contributed by atoms with Crippen LogP contribution in [0.3, 0.4) is 0 Å². The van der Waals surface area contributed by atoms with Gasteiger partial charge >= 0.3 is 0 Å². The van der Waals surface area contributed by atoms with Gasteiger partial charge in [0.15, 0.2) is 0 Å². The monoisotopic (exact) mass is 312 g/mol. The molecule has 0 amide bonds. The molecule has 2 rings (SSSR count). The van der Waals surface area contributed by atoms with E-state index in [-0.39, 0.29) is 0 Å². The van der Waals surface area contributed by atoms with E-state index >= 15 is 0 Å². The van der Waals surface area contributed by atoms with Crippen molar-refractivity contribution in [3.05, 3.63) is 22.3 Å². The molecule has 4 nitrogen and oxygen atoms in total. The van der Waals surface area contributed by atoms with Crippen LogP contribution < -0.4 is 10.2 Å². The topological polar surface area (TPSA) is 31.4 Å².